The van der Waals surface area contributed by atoms with E-state index in [0.717, 1.165) is 0 Å². The van der Waals surface area contributed by atoms with Gasteiger partial charge in [0.05, 0.1) is 20.1 Å². The Labute approximate surface area is 83.3 Å². The van der Waals surface area contributed by atoms with Crippen molar-refractivity contribution in [1.29, 1.82) is 0 Å². The molecule has 0 saturated carbocycles. The average Bonchev–Trinajstić information content (AvgIpc) is 2.07. The quantitative estimate of drug-likeness (QED) is 0.560. The normalized spacial score (nSPS) is 21.3. The minimum absolute atomic E-state index is 0.244. The van der Waals surface area contributed by atoms with Crippen molar-refractivity contribution in [2.75, 3.05) is 0 Å². The van der Waals surface area contributed by atoms with E-state index < -0.39 is 5.38 Å². The molecule has 1 aliphatic rings. The van der Waals surface area contributed by atoms with E-state index in [1.165, 1.54) is 0 Å². The summed E-state index contributed by atoms with van der Waals surface area (Å²) in [5.41, 5.74) is 0. The summed E-state index contributed by atoms with van der Waals surface area (Å²) in [5, 5.41) is 0.502. The maximum Gasteiger partial charge on any atom is 0.108 e. The SMILES string of the molecule is ClC1=C(Cl)C(Cl)C(Cl)=C1Cl. The standard InChI is InChI=1S/C5HCl5/c6-1-2(7)4(9)5(10)3(1)8/h1H. The zero-order valence-electron chi connectivity index (χ0n) is 4.47. The lowest BCUT2D eigenvalue weighted by atomic mass is 10.5. The van der Waals surface area contributed by atoms with Crippen molar-refractivity contribution in [3.05, 3.63) is 20.1 Å². The topological polar surface area (TPSA) is 0 Å². The van der Waals surface area contributed by atoms with Crippen molar-refractivity contribution < 1.29 is 0 Å². The van der Waals surface area contributed by atoms with Crippen molar-refractivity contribution >= 4 is 58.0 Å². The monoisotopic (exact) mass is 236 g/mol. The van der Waals surface area contributed by atoms with Crippen molar-refractivity contribution in [2.24, 2.45) is 0 Å². The highest BCUT2D eigenvalue weighted by Gasteiger charge is 2.28. The van der Waals surface area contributed by atoms with Crippen LogP contribution in [0.3, 0.4) is 0 Å². The molecule has 0 unspecified atom stereocenters. The first-order valence-electron chi connectivity index (χ1n) is 2.30. The highest BCUT2D eigenvalue weighted by molar-refractivity contribution is 6.57. The summed E-state index contributed by atoms with van der Waals surface area (Å²) in [6.07, 6.45) is 0. The van der Waals surface area contributed by atoms with Crippen LogP contribution in [-0.4, -0.2) is 5.38 Å². The minimum Gasteiger partial charge on any atom is -0.111 e. The van der Waals surface area contributed by atoms with Crippen molar-refractivity contribution in [2.45, 2.75) is 5.38 Å². The maximum absolute atomic E-state index is 5.65. The van der Waals surface area contributed by atoms with Gasteiger partial charge < -0.3 is 0 Å². The van der Waals surface area contributed by atoms with Crippen molar-refractivity contribution in [3.8, 4) is 0 Å². The van der Waals surface area contributed by atoms with Crippen LogP contribution in [0.5, 0.6) is 0 Å². The van der Waals surface area contributed by atoms with Gasteiger partial charge in [0.15, 0.2) is 0 Å². The lowest BCUT2D eigenvalue weighted by Gasteiger charge is -1.97. The molecule has 0 N–H and O–H groups in total. The number of hydrogen-bond donors (Lipinski definition) is 0. The molecule has 0 saturated heterocycles. The summed E-state index contributed by atoms with van der Waals surface area (Å²) >= 11 is 28.1. The molecule has 0 aliphatic heterocycles. The second kappa shape index (κ2) is 3.12. The summed E-state index contributed by atoms with van der Waals surface area (Å²) in [4.78, 5) is 0. The van der Waals surface area contributed by atoms with Crippen LogP contribution in [-0.2, 0) is 0 Å². The summed E-state index contributed by atoms with van der Waals surface area (Å²) in [7, 11) is 0. The first-order valence-corrected chi connectivity index (χ1v) is 4.25. The molecule has 0 aromatic carbocycles. The first-order chi connectivity index (χ1) is 4.55. The average molecular weight is 238 g/mol. The van der Waals surface area contributed by atoms with Crippen molar-refractivity contribution in [1.82, 2.24) is 0 Å². The Kier molecular flexibility index (Phi) is 2.82. The lowest BCUT2D eigenvalue weighted by molar-refractivity contribution is 1.37. The molecule has 0 heterocycles. The molecule has 0 amide bonds. The highest BCUT2D eigenvalue weighted by Crippen LogP contribution is 2.43. The van der Waals surface area contributed by atoms with Gasteiger partial charge in [0, 0.05) is 0 Å². The number of allylic oxidation sites excluding steroid dienone is 4. The van der Waals surface area contributed by atoms with Gasteiger partial charge in [-0.2, -0.15) is 0 Å². The van der Waals surface area contributed by atoms with Gasteiger partial charge in [-0.3, -0.25) is 0 Å². The molecule has 0 atom stereocenters. The number of halogens is 5. The predicted octanol–water partition coefficient (Wildman–Crippen LogP) is 3.99. The van der Waals surface area contributed by atoms with Crippen LogP contribution >= 0.6 is 58.0 Å². The van der Waals surface area contributed by atoms with Gasteiger partial charge >= 0.3 is 0 Å². The highest BCUT2D eigenvalue weighted by atomic mass is 35.5. The molecule has 0 spiro atoms. The molecule has 0 aromatic heterocycles. The third-order valence-corrected chi connectivity index (χ3v) is 3.61. The molecular weight excluding hydrogens is 237 g/mol. The van der Waals surface area contributed by atoms with Crippen LogP contribution < -0.4 is 0 Å². The van der Waals surface area contributed by atoms with Crippen LogP contribution in [0.4, 0.5) is 0 Å². The number of hydrogen-bond acceptors (Lipinski definition) is 0. The Balaban J connectivity index is 3.09. The van der Waals surface area contributed by atoms with Gasteiger partial charge in [0.2, 0.25) is 0 Å². The second-order valence-electron chi connectivity index (χ2n) is 1.69. The second-order valence-corrected chi connectivity index (χ2v) is 3.69. The van der Waals surface area contributed by atoms with Gasteiger partial charge in [0.1, 0.15) is 5.38 Å². The van der Waals surface area contributed by atoms with Gasteiger partial charge in [-0.1, -0.05) is 46.4 Å². The fourth-order valence-corrected chi connectivity index (χ4v) is 1.85. The molecule has 56 valence electrons. The molecule has 0 radical (unpaired) electrons. The summed E-state index contributed by atoms with van der Waals surface area (Å²) < 4.78 is 0. The van der Waals surface area contributed by atoms with E-state index >= 15 is 0 Å². The van der Waals surface area contributed by atoms with Crippen LogP contribution in [0.1, 0.15) is 0 Å². The van der Waals surface area contributed by atoms with Gasteiger partial charge in [-0.05, 0) is 0 Å². The van der Waals surface area contributed by atoms with Gasteiger partial charge in [-0.25, -0.2) is 0 Å². The van der Waals surface area contributed by atoms with Gasteiger partial charge in [-0.15, -0.1) is 11.6 Å². The zero-order chi connectivity index (χ0) is 7.89. The predicted molar refractivity (Wildman–Crippen MR) is 47.1 cm³/mol. The fourth-order valence-electron chi connectivity index (χ4n) is 0.543. The molecule has 1 aliphatic carbocycles. The van der Waals surface area contributed by atoms with Crippen LogP contribution in [0.25, 0.3) is 0 Å². The molecule has 0 bridgehead atoms. The van der Waals surface area contributed by atoms with E-state index in [-0.39, 0.29) is 10.1 Å². The Hall–Kier alpha value is 0.930. The van der Waals surface area contributed by atoms with Crippen molar-refractivity contribution in [3.63, 3.8) is 0 Å². The minimum atomic E-state index is -0.566. The maximum atomic E-state index is 5.65. The van der Waals surface area contributed by atoms with E-state index in [1.54, 1.807) is 0 Å². The third kappa shape index (κ3) is 1.28. The Bertz CT molecular complexity index is 202. The van der Waals surface area contributed by atoms with E-state index in [0.29, 0.717) is 10.1 Å². The molecule has 0 aromatic rings. The first kappa shape index (κ1) is 9.02. The van der Waals surface area contributed by atoms with Crippen LogP contribution in [0.15, 0.2) is 20.1 Å². The van der Waals surface area contributed by atoms with E-state index in [4.69, 9.17) is 58.0 Å². The molecule has 1 rings (SSSR count). The molecule has 0 nitrogen and oxygen atoms in total. The smallest absolute Gasteiger partial charge is 0.108 e. The number of alkyl halides is 1. The van der Waals surface area contributed by atoms with E-state index in [1.807, 2.05) is 0 Å². The third-order valence-electron chi connectivity index (χ3n) is 1.06. The molecule has 5 heteroatoms. The Morgan fingerprint density at radius 2 is 1.10 bits per heavy atom. The summed E-state index contributed by atoms with van der Waals surface area (Å²) in [6, 6.07) is 0. The van der Waals surface area contributed by atoms with Crippen LogP contribution in [0.2, 0.25) is 0 Å². The largest absolute Gasteiger partial charge is 0.111 e. The van der Waals surface area contributed by atoms with E-state index in [2.05, 4.69) is 0 Å². The summed E-state index contributed by atoms with van der Waals surface area (Å²) in [5.74, 6) is 0. The molecule has 0 fully saturated rings. The molecule has 10 heavy (non-hydrogen) atoms. The number of rotatable bonds is 0. The Morgan fingerprint density at radius 1 is 0.800 bits per heavy atom. The lowest BCUT2D eigenvalue weighted by Crippen LogP contribution is -1.92. The zero-order valence-corrected chi connectivity index (χ0v) is 8.25. The van der Waals surface area contributed by atoms with E-state index in [9.17, 15) is 0 Å². The van der Waals surface area contributed by atoms with Crippen LogP contribution in [0, 0.1) is 0 Å². The summed E-state index contributed by atoms with van der Waals surface area (Å²) in [6.45, 7) is 0. The fraction of sp³-hybridized carbons (Fsp3) is 0.200. The molecular formula is C5HCl5. The van der Waals surface area contributed by atoms with Gasteiger partial charge in [0.25, 0.3) is 0 Å². The Morgan fingerprint density at radius 3 is 1.20 bits per heavy atom.